The third-order valence-electron chi connectivity index (χ3n) is 5.55. The first-order valence-corrected chi connectivity index (χ1v) is 12.9. The van der Waals surface area contributed by atoms with Crippen LogP contribution in [0.25, 0.3) is 0 Å². The Kier molecular flexibility index (Phi) is 21.8. The van der Waals surface area contributed by atoms with E-state index in [9.17, 15) is 9.59 Å². The van der Waals surface area contributed by atoms with Crippen LogP contribution in [0.3, 0.4) is 0 Å². The molecule has 0 aliphatic carbocycles. The van der Waals surface area contributed by atoms with Crippen LogP contribution in [-0.2, 0) is 19.1 Å². The Hall–Kier alpha value is -1.06. The molecule has 0 fully saturated rings. The average Bonchev–Trinajstić information content (AvgIpc) is 2.71. The van der Waals surface area contributed by atoms with Crippen LogP contribution in [-0.4, -0.2) is 24.6 Å². The first kappa shape index (κ1) is 28.9. The number of ether oxygens (including phenoxy) is 2. The van der Waals surface area contributed by atoms with Crippen LogP contribution < -0.4 is 0 Å². The molecule has 0 amide bonds. The second kappa shape index (κ2) is 22.6. The van der Waals surface area contributed by atoms with Crippen LogP contribution in [0.5, 0.6) is 0 Å². The Balaban J connectivity index is 3.29. The van der Waals surface area contributed by atoms with Crippen molar-refractivity contribution in [3.05, 3.63) is 0 Å². The molecule has 0 aliphatic heterocycles. The molecule has 0 heterocycles. The fraction of sp³-hybridized carbons (Fsp3) is 0.923. The molecule has 178 valence electrons. The normalized spacial score (nSPS) is 12.0. The summed E-state index contributed by atoms with van der Waals surface area (Å²) in [6, 6.07) is 0. The summed E-state index contributed by atoms with van der Waals surface area (Å²) in [6.07, 6.45) is 21.2. The third kappa shape index (κ3) is 21.6. The van der Waals surface area contributed by atoms with E-state index in [4.69, 9.17) is 9.47 Å². The van der Waals surface area contributed by atoms with Crippen molar-refractivity contribution in [2.75, 3.05) is 6.61 Å². The zero-order valence-electron chi connectivity index (χ0n) is 20.4. The van der Waals surface area contributed by atoms with Crippen molar-refractivity contribution in [1.29, 1.82) is 0 Å². The Labute approximate surface area is 186 Å². The molecule has 0 rings (SSSR count). The zero-order chi connectivity index (χ0) is 22.3. The van der Waals surface area contributed by atoms with Crippen molar-refractivity contribution in [3.63, 3.8) is 0 Å². The molecule has 0 saturated heterocycles. The van der Waals surface area contributed by atoms with Crippen molar-refractivity contribution >= 4 is 11.9 Å². The molecular formula is C26H50O4. The fourth-order valence-corrected chi connectivity index (χ4v) is 3.67. The molecule has 0 aromatic rings. The van der Waals surface area contributed by atoms with Crippen molar-refractivity contribution in [1.82, 2.24) is 0 Å². The van der Waals surface area contributed by atoms with Gasteiger partial charge in [0.15, 0.2) is 0 Å². The minimum absolute atomic E-state index is 0.00668. The fourth-order valence-electron chi connectivity index (χ4n) is 3.67. The number of unbranched alkanes of at least 4 members (excludes halogenated alkanes) is 13. The molecule has 1 unspecified atom stereocenters. The van der Waals surface area contributed by atoms with Crippen molar-refractivity contribution < 1.29 is 19.1 Å². The second-order valence-corrected chi connectivity index (χ2v) is 8.76. The highest BCUT2D eigenvalue weighted by molar-refractivity contribution is 5.70. The lowest BCUT2D eigenvalue weighted by Crippen LogP contribution is -2.14. The van der Waals surface area contributed by atoms with Gasteiger partial charge in [-0.1, -0.05) is 97.3 Å². The third-order valence-corrected chi connectivity index (χ3v) is 5.55. The van der Waals surface area contributed by atoms with E-state index in [1.54, 1.807) is 0 Å². The molecule has 0 spiro atoms. The molecule has 1 atom stereocenters. The number of hydrogen-bond donors (Lipinski definition) is 0. The topological polar surface area (TPSA) is 52.6 Å². The summed E-state index contributed by atoms with van der Waals surface area (Å²) in [6.45, 7) is 6.80. The SMILES string of the molecule is CCCCCCCCCCCCCCCOC(=O)CCCCC(=O)OC(C)CCC. The predicted molar refractivity (Wildman–Crippen MR) is 126 cm³/mol. The maximum absolute atomic E-state index is 11.7. The first-order valence-electron chi connectivity index (χ1n) is 12.9. The lowest BCUT2D eigenvalue weighted by Gasteiger charge is -2.11. The second-order valence-electron chi connectivity index (χ2n) is 8.76. The van der Waals surface area contributed by atoms with E-state index in [0.717, 1.165) is 25.7 Å². The summed E-state index contributed by atoms with van der Waals surface area (Å²) in [5.74, 6) is -0.294. The maximum Gasteiger partial charge on any atom is 0.306 e. The van der Waals surface area contributed by atoms with Gasteiger partial charge in [0.1, 0.15) is 0 Å². The lowest BCUT2D eigenvalue weighted by atomic mass is 10.0. The van der Waals surface area contributed by atoms with E-state index >= 15 is 0 Å². The summed E-state index contributed by atoms with van der Waals surface area (Å²) in [7, 11) is 0. The van der Waals surface area contributed by atoms with Crippen molar-refractivity contribution in [2.24, 2.45) is 0 Å². The smallest absolute Gasteiger partial charge is 0.306 e. The highest BCUT2D eigenvalue weighted by Crippen LogP contribution is 2.13. The molecular weight excluding hydrogens is 376 g/mol. The summed E-state index contributed by atoms with van der Waals surface area (Å²) in [5, 5.41) is 0. The van der Waals surface area contributed by atoms with E-state index in [0.29, 0.717) is 32.3 Å². The van der Waals surface area contributed by atoms with Gasteiger partial charge in [0, 0.05) is 12.8 Å². The number of rotatable bonds is 22. The molecule has 0 aliphatic rings. The van der Waals surface area contributed by atoms with Crippen LogP contribution in [0.1, 0.15) is 143 Å². The molecule has 0 N–H and O–H groups in total. The number of carbonyl (C=O) groups excluding carboxylic acids is 2. The van der Waals surface area contributed by atoms with E-state index < -0.39 is 0 Å². The molecule has 4 heteroatoms. The standard InChI is InChI=1S/C26H50O4/c1-4-6-7-8-9-10-11-12-13-14-15-16-19-23-29-25(27)21-17-18-22-26(28)30-24(3)20-5-2/h24H,4-23H2,1-3H3. The van der Waals surface area contributed by atoms with Crippen LogP contribution in [0.4, 0.5) is 0 Å². The van der Waals surface area contributed by atoms with Gasteiger partial charge >= 0.3 is 11.9 Å². The van der Waals surface area contributed by atoms with Gasteiger partial charge in [0.25, 0.3) is 0 Å². The number of esters is 2. The van der Waals surface area contributed by atoms with E-state index in [-0.39, 0.29) is 18.0 Å². The van der Waals surface area contributed by atoms with Gasteiger partial charge in [-0.25, -0.2) is 0 Å². The van der Waals surface area contributed by atoms with Crippen LogP contribution in [0, 0.1) is 0 Å². The zero-order valence-corrected chi connectivity index (χ0v) is 20.4. The predicted octanol–water partition coefficient (Wildman–Crippen LogP) is 7.91. The lowest BCUT2D eigenvalue weighted by molar-refractivity contribution is -0.149. The van der Waals surface area contributed by atoms with E-state index in [1.807, 2.05) is 6.92 Å². The molecule has 4 nitrogen and oxygen atoms in total. The number of hydrogen-bond acceptors (Lipinski definition) is 4. The van der Waals surface area contributed by atoms with Gasteiger partial charge in [0.05, 0.1) is 12.7 Å². The quantitative estimate of drug-likeness (QED) is 0.130. The highest BCUT2D eigenvalue weighted by Gasteiger charge is 2.09. The van der Waals surface area contributed by atoms with Gasteiger partial charge in [-0.15, -0.1) is 0 Å². The van der Waals surface area contributed by atoms with Crippen molar-refractivity contribution in [2.45, 2.75) is 149 Å². The molecule has 0 radical (unpaired) electrons. The summed E-state index contributed by atoms with van der Waals surface area (Å²) < 4.78 is 10.6. The molecule has 0 aromatic heterocycles. The van der Waals surface area contributed by atoms with Crippen LogP contribution in [0.15, 0.2) is 0 Å². The van der Waals surface area contributed by atoms with Gasteiger partial charge in [0.2, 0.25) is 0 Å². The van der Waals surface area contributed by atoms with Crippen LogP contribution >= 0.6 is 0 Å². The minimum Gasteiger partial charge on any atom is -0.466 e. The maximum atomic E-state index is 11.7. The summed E-state index contributed by atoms with van der Waals surface area (Å²) >= 11 is 0. The minimum atomic E-state index is -0.156. The van der Waals surface area contributed by atoms with Gasteiger partial charge in [-0.05, 0) is 32.6 Å². The number of carbonyl (C=O) groups is 2. The average molecular weight is 427 g/mol. The van der Waals surface area contributed by atoms with Gasteiger partial charge < -0.3 is 9.47 Å². The molecule has 0 saturated carbocycles. The van der Waals surface area contributed by atoms with Crippen molar-refractivity contribution in [3.8, 4) is 0 Å². The Bertz CT molecular complexity index is 394. The summed E-state index contributed by atoms with van der Waals surface area (Å²) in [5.41, 5.74) is 0. The van der Waals surface area contributed by atoms with Gasteiger partial charge in [-0.3, -0.25) is 9.59 Å². The van der Waals surface area contributed by atoms with Crippen LogP contribution in [0.2, 0.25) is 0 Å². The monoisotopic (exact) mass is 426 g/mol. The Morgan fingerprint density at radius 3 is 1.57 bits per heavy atom. The highest BCUT2D eigenvalue weighted by atomic mass is 16.5. The largest absolute Gasteiger partial charge is 0.466 e. The molecule has 0 aromatic carbocycles. The molecule has 30 heavy (non-hydrogen) atoms. The van der Waals surface area contributed by atoms with Gasteiger partial charge in [-0.2, -0.15) is 0 Å². The Morgan fingerprint density at radius 1 is 0.600 bits per heavy atom. The Morgan fingerprint density at radius 2 is 1.07 bits per heavy atom. The van der Waals surface area contributed by atoms with E-state index in [1.165, 1.54) is 70.6 Å². The molecule has 0 bridgehead atoms. The first-order chi connectivity index (χ1) is 14.6. The summed E-state index contributed by atoms with van der Waals surface area (Å²) in [4.78, 5) is 23.4. The van der Waals surface area contributed by atoms with E-state index in [2.05, 4.69) is 13.8 Å².